The van der Waals surface area contributed by atoms with Crippen molar-refractivity contribution in [3.05, 3.63) is 46.8 Å². The van der Waals surface area contributed by atoms with Crippen molar-refractivity contribution in [1.29, 1.82) is 0 Å². The van der Waals surface area contributed by atoms with Gasteiger partial charge in [0.25, 0.3) is 0 Å². The molecule has 2 rings (SSSR count). The van der Waals surface area contributed by atoms with Crippen LogP contribution in [-0.4, -0.2) is 35.9 Å². The number of aliphatic imine (C=N–C) groups is 1. The van der Waals surface area contributed by atoms with Crippen LogP contribution in [-0.2, 0) is 20.0 Å². The Bertz CT molecular complexity index is 734. The van der Waals surface area contributed by atoms with Gasteiger partial charge in [-0.3, -0.25) is 9.67 Å². The maximum Gasteiger partial charge on any atom is 0.191 e. The van der Waals surface area contributed by atoms with Gasteiger partial charge >= 0.3 is 0 Å². The van der Waals surface area contributed by atoms with E-state index in [9.17, 15) is 0 Å². The fourth-order valence-corrected chi connectivity index (χ4v) is 2.88. The van der Waals surface area contributed by atoms with Crippen LogP contribution in [0.25, 0.3) is 0 Å². The summed E-state index contributed by atoms with van der Waals surface area (Å²) in [6.07, 6.45) is 3.18. The Labute approximate surface area is 163 Å². The molecule has 6 nitrogen and oxygen atoms in total. The summed E-state index contributed by atoms with van der Waals surface area (Å²) in [4.78, 5) is 4.30. The molecule has 2 N–H and O–H groups in total. The van der Waals surface area contributed by atoms with Crippen molar-refractivity contribution in [2.45, 2.75) is 46.6 Å². The molecule has 0 fully saturated rings. The fraction of sp³-hybridized carbons (Fsp3) is 0.524. The van der Waals surface area contributed by atoms with E-state index in [-0.39, 0.29) is 0 Å². The number of hydrogen-bond donors (Lipinski definition) is 2. The lowest BCUT2D eigenvalue weighted by Gasteiger charge is -2.12. The third-order valence-electron chi connectivity index (χ3n) is 4.71. The summed E-state index contributed by atoms with van der Waals surface area (Å²) >= 11 is 0. The van der Waals surface area contributed by atoms with Crippen LogP contribution >= 0.6 is 0 Å². The van der Waals surface area contributed by atoms with E-state index in [1.54, 1.807) is 7.05 Å². The minimum atomic E-state index is 0.717. The number of hydrogen-bond acceptors (Lipinski definition) is 3. The molecule has 0 unspecified atom stereocenters. The molecule has 0 aliphatic carbocycles. The number of ether oxygens (including phenoxy) is 1. The Morgan fingerprint density at radius 1 is 1.19 bits per heavy atom. The van der Waals surface area contributed by atoms with Gasteiger partial charge < -0.3 is 15.4 Å². The van der Waals surface area contributed by atoms with Crippen molar-refractivity contribution in [1.82, 2.24) is 20.4 Å². The number of nitrogens with zero attached hydrogens (tertiary/aromatic N) is 3. The molecule has 0 saturated heterocycles. The lowest BCUT2D eigenvalue weighted by atomic mass is 10.1. The predicted molar refractivity (Wildman–Crippen MR) is 111 cm³/mol. The highest BCUT2D eigenvalue weighted by molar-refractivity contribution is 5.79. The van der Waals surface area contributed by atoms with Crippen molar-refractivity contribution in [2.75, 3.05) is 20.2 Å². The molecule has 0 radical (unpaired) electrons. The Morgan fingerprint density at radius 3 is 2.52 bits per heavy atom. The molecule has 0 atom stereocenters. The normalized spacial score (nSPS) is 11.5. The lowest BCUT2D eigenvalue weighted by molar-refractivity contribution is 0.309. The van der Waals surface area contributed by atoms with Crippen molar-refractivity contribution in [2.24, 2.45) is 12.0 Å². The summed E-state index contributed by atoms with van der Waals surface area (Å²) < 4.78 is 7.62. The highest BCUT2D eigenvalue weighted by atomic mass is 16.5. The zero-order chi connectivity index (χ0) is 19.6. The number of rotatable bonds is 9. The zero-order valence-corrected chi connectivity index (χ0v) is 17.3. The molecule has 2 aromatic rings. The number of aromatic nitrogens is 2. The number of aryl methyl sites for hydroxylation is 2. The second kappa shape index (κ2) is 10.6. The molecule has 27 heavy (non-hydrogen) atoms. The Morgan fingerprint density at radius 2 is 1.93 bits per heavy atom. The van der Waals surface area contributed by atoms with Crippen LogP contribution in [0, 0.1) is 13.8 Å². The first-order valence-electron chi connectivity index (χ1n) is 9.70. The molecule has 0 aliphatic rings. The van der Waals surface area contributed by atoms with Gasteiger partial charge in [-0.1, -0.05) is 25.5 Å². The summed E-state index contributed by atoms with van der Waals surface area (Å²) in [5.74, 6) is 1.75. The third-order valence-corrected chi connectivity index (χ3v) is 4.71. The number of unbranched alkanes of at least 4 members (excludes halogenated alkanes) is 1. The first-order valence-corrected chi connectivity index (χ1v) is 9.70. The standard InChI is InChI=1S/C21H33N5O/c1-6-7-14-27-19-10-8-18(9-11-19)12-13-23-21(22-4)24-15-20-16(2)25-26(5)17(20)3/h8-11H,6-7,12-15H2,1-5H3,(H2,22,23,24). The van der Waals surface area contributed by atoms with Crippen molar-refractivity contribution < 1.29 is 4.74 Å². The minimum absolute atomic E-state index is 0.717. The molecule has 0 amide bonds. The van der Waals surface area contributed by atoms with Gasteiger partial charge in [-0.05, 0) is 44.4 Å². The van der Waals surface area contributed by atoms with E-state index in [1.807, 2.05) is 30.8 Å². The minimum Gasteiger partial charge on any atom is -0.494 e. The highest BCUT2D eigenvalue weighted by Crippen LogP contribution is 2.13. The van der Waals surface area contributed by atoms with Crippen molar-refractivity contribution in [3.8, 4) is 5.75 Å². The molecular weight excluding hydrogens is 338 g/mol. The SMILES string of the molecule is CCCCOc1ccc(CCNC(=NC)NCc2c(C)nn(C)c2C)cc1. The van der Waals surface area contributed by atoms with E-state index in [0.29, 0.717) is 0 Å². The van der Waals surface area contributed by atoms with Crippen LogP contribution in [0.15, 0.2) is 29.3 Å². The fourth-order valence-electron chi connectivity index (χ4n) is 2.88. The van der Waals surface area contributed by atoms with E-state index in [1.165, 1.54) is 16.8 Å². The molecule has 6 heteroatoms. The van der Waals surface area contributed by atoms with Crippen LogP contribution in [0.2, 0.25) is 0 Å². The van der Waals surface area contributed by atoms with Gasteiger partial charge in [-0.2, -0.15) is 5.10 Å². The maximum atomic E-state index is 5.70. The average Bonchev–Trinajstić information content (AvgIpc) is 2.91. The van der Waals surface area contributed by atoms with Crippen LogP contribution < -0.4 is 15.4 Å². The molecular formula is C21H33N5O. The van der Waals surface area contributed by atoms with E-state index in [4.69, 9.17) is 4.74 Å². The van der Waals surface area contributed by atoms with E-state index >= 15 is 0 Å². The number of nitrogens with one attached hydrogen (secondary N) is 2. The Balaban J connectivity index is 1.76. The van der Waals surface area contributed by atoms with E-state index in [0.717, 1.165) is 56.4 Å². The smallest absolute Gasteiger partial charge is 0.191 e. The Hall–Kier alpha value is -2.50. The quantitative estimate of drug-likeness (QED) is 0.404. The second-order valence-corrected chi connectivity index (χ2v) is 6.72. The summed E-state index contributed by atoms with van der Waals surface area (Å²) in [5, 5.41) is 11.2. The van der Waals surface area contributed by atoms with E-state index in [2.05, 4.69) is 46.7 Å². The molecule has 0 saturated carbocycles. The van der Waals surface area contributed by atoms with Gasteiger partial charge in [0.15, 0.2) is 5.96 Å². The summed E-state index contributed by atoms with van der Waals surface area (Å²) in [6, 6.07) is 8.35. The molecule has 1 aromatic heterocycles. The Kier molecular flexibility index (Phi) is 8.17. The predicted octanol–water partition coefficient (Wildman–Crippen LogP) is 3.12. The average molecular weight is 372 g/mol. The molecule has 0 spiro atoms. The largest absolute Gasteiger partial charge is 0.494 e. The lowest BCUT2D eigenvalue weighted by Crippen LogP contribution is -2.38. The molecule has 1 aromatic carbocycles. The number of guanidine groups is 1. The summed E-state index contributed by atoms with van der Waals surface area (Å²) in [6.45, 7) is 8.62. The first kappa shape index (κ1) is 20.8. The molecule has 148 valence electrons. The topological polar surface area (TPSA) is 63.5 Å². The van der Waals surface area contributed by atoms with Crippen LogP contribution in [0.3, 0.4) is 0 Å². The molecule has 1 heterocycles. The number of benzene rings is 1. The van der Waals surface area contributed by atoms with Gasteiger partial charge in [0.1, 0.15) is 5.75 Å². The van der Waals surface area contributed by atoms with Gasteiger partial charge in [0.05, 0.1) is 12.3 Å². The third kappa shape index (κ3) is 6.31. The van der Waals surface area contributed by atoms with Gasteiger partial charge in [0.2, 0.25) is 0 Å². The monoisotopic (exact) mass is 371 g/mol. The second-order valence-electron chi connectivity index (χ2n) is 6.72. The van der Waals surface area contributed by atoms with E-state index < -0.39 is 0 Å². The zero-order valence-electron chi connectivity index (χ0n) is 17.3. The molecule has 0 bridgehead atoms. The van der Waals surface area contributed by atoms with Crippen LogP contribution in [0.5, 0.6) is 5.75 Å². The van der Waals surface area contributed by atoms with Gasteiger partial charge in [-0.25, -0.2) is 0 Å². The van der Waals surface area contributed by atoms with Crippen molar-refractivity contribution >= 4 is 5.96 Å². The van der Waals surface area contributed by atoms with Gasteiger partial charge in [-0.15, -0.1) is 0 Å². The first-order chi connectivity index (χ1) is 13.0. The summed E-state index contributed by atoms with van der Waals surface area (Å²) in [7, 11) is 3.76. The molecule has 0 aliphatic heterocycles. The highest BCUT2D eigenvalue weighted by Gasteiger charge is 2.09. The van der Waals surface area contributed by atoms with Gasteiger partial charge in [0, 0.05) is 38.4 Å². The summed E-state index contributed by atoms with van der Waals surface area (Å²) in [5.41, 5.74) is 4.73. The van der Waals surface area contributed by atoms with Crippen LogP contribution in [0.4, 0.5) is 0 Å². The van der Waals surface area contributed by atoms with Crippen molar-refractivity contribution in [3.63, 3.8) is 0 Å². The van der Waals surface area contributed by atoms with Crippen LogP contribution in [0.1, 0.15) is 42.3 Å². The maximum absolute atomic E-state index is 5.70.